The highest BCUT2D eigenvalue weighted by atomic mass is 32.1. The number of halogens is 2. The molecule has 0 spiro atoms. The van der Waals surface area contributed by atoms with Crippen LogP contribution in [0.25, 0.3) is 10.4 Å². The minimum absolute atomic E-state index is 0.00957. The topological polar surface area (TPSA) is 128 Å². The van der Waals surface area contributed by atoms with Crippen molar-refractivity contribution >= 4 is 34.4 Å². The molecule has 1 unspecified atom stereocenters. The first-order valence-electron chi connectivity index (χ1n) is 8.65. The van der Waals surface area contributed by atoms with Gasteiger partial charge in [-0.05, 0) is 36.6 Å². The highest BCUT2D eigenvalue weighted by molar-refractivity contribution is 7.20. The molecule has 1 aromatic carbocycles. The molecule has 1 aromatic heterocycles. The zero-order valence-corrected chi connectivity index (χ0v) is 15.9. The number of nitrogens with one attached hydrogen (secondary N) is 1. The second-order valence-corrected chi connectivity index (χ2v) is 7.51. The number of thiophene rings is 1. The van der Waals surface area contributed by atoms with Crippen molar-refractivity contribution in [3.05, 3.63) is 41.5 Å². The zero-order valence-electron chi connectivity index (χ0n) is 15.1. The normalized spacial score (nSPS) is 16.3. The molecule has 0 saturated carbocycles. The van der Waals surface area contributed by atoms with Crippen LogP contribution in [0.15, 0.2) is 24.3 Å². The van der Waals surface area contributed by atoms with Crippen LogP contribution < -0.4 is 16.8 Å². The Kier molecular flexibility index (Phi) is 5.97. The Balaban J connectivity index is 1.86. The Hall–Kier alpha value is -3.21. The summed E-state index contributed by atoms with van der Waals surface area (Å²) in [5.41, 5.74) is 10.6. The number of amides is 4. The number of nitrogens with zero attached hydrogens (tertiary/aromatic N) is 1. The maximum atomic E-state index is 13.5. The highest BCUT2D eigenvalue weighted by Gasteiger charge is 2.27. The Labute approximate surface area is 168 Å². The standard InChI is InChI=1S/C18H18F2N4O4S/c19-10-4-9(5-11(20)6-10)14-7-13(15(29-14)23-17(21)26)16(25)28-12-2-1-3-24(8-12)18(22)27/h4-7,12H,1-3,8H2,(H2,22,27)(H3,21,23,26). The summed E-state index contributed by atoms with van der Waals surface area (Å²) in [6, 6.07) is 2.78. The van der Waals surface area contributed by atoms with E-state index in [1.165, 1.54) is 11.0 Å². The largest absolute Gasteiger partial charge is 0.457 e. The van der Waals surface area contributed by atoms with E-state index in [9.17, 15) is 23.2 Å². The van der Waals surface area contributed by atoms with Crippen LogP contribution in [0.4, 0.5) is 23.4 Å². The lowest BCUT2D eigenvalue weighted by Gasteiger charge is -2.31. The van der Waals surface area contributed by atoms with E-state index >= 15 is 0 Å². The predicted molar refractivity (Wildman–Crippen MR) is 102 cm³/mol. The van der Waals surface area contributed by atoms with E-state index in [4.69, 9.17) is 16.2 Å². The summed E-state index contributed by atoms with van der Waals surface area (Å²) < 4.78 is 32.5. The number of piperidine rings is 1. The monoisotopic (exact) mass is 424 g/mol. The highest BCUT2D eigenvalue weighted by Crippen LogP contribution is 2.37. The third kappa shape index (κ3) is 4.99. The molecule has 0 radical (unpaired) electrons. The van der Waals surface area contributed by atoms with Crippen LogP contribution in [0.1, 0.15) is 23.2 Å². The van der Waals surface area contributed by atoms with Gasteiger partial charge in [-0.1, -0.05) is 0 Å². The molecule has 5 N–H and O–H groups in total. The summed E-state index contributed by atoms with van der Waals surface area (Å²) in [6.45, 7) is 0.636. The molecule has 3 rings (SSSR count). The van der Waals surface area contributed by atoms with Crippen LogP contribution in [0.2, 0.25) is 0 Å². The fourth-order valence-corrected chi connectivity index (χ4v) is 4.07. The maximum absolute atomic E-state index is 13.5. The van der Waals surface area contributed by atoms with Crippen molar-refractivity contribution in [2.45, 2.75) is 18.9 Å². The number of carbonyl (C=O) groups is 3. The van der Waals surface area contributed by atoms with Gasteiger partial charge in [0.05, 0.1) is 12.1 Å². The fourth-order valence-electron chi connectivity index (χ4n) is 3.04. The molecule has 11 heteroatoms. The first-order chi connectivity index (χ1) is 13.7. The fraction of sp³-hybridized carbons (Fsp3) is 0.278. The number of urea groups is 2. The van der Waals surface area contributed by atoms with Crippen molar-refractivity contribution in [2.75, 3.05) is 18.4 Å². The van der Waals surface area contributed by atoms with E-state index in [1.54, 1.807) is 0 Å². The number of hydrogen-bond acceptors (Lipinski definition) is 5. The minimum Gasteiger partial charge on any atom is -0.457 e. The van der Waals surface area contributed by atoms with Crippen molar-refractivity contribution in [3.8, 4) is 10.4 Å². The number of nitrogens with two attached hydrogens (primary N) is 2. The molecular weight excluding hydrogens is 406 g/mol. The molecule has 1 aliphatic rings. The average Bonchev–Trinajstić information content (AvgIpc) is 3.04. The van der Waals surface area contributed by atoms with Gasteiger partial charge < -0.3 is 21.1 Å². The molecule has 0 bridgehead atoms. The van der Waals surface area contributed by atoms with Crippen LogP contribution in [0.5, 0.6) is 0 Å². The van der Waals surface area contributed by atoms with Crippen molar-refractivity contribution in [2.24, 2.45) is 11.5 Å². The molecule has 2 aromatic rings. The Bertz CT molecular complexity index is 945. The summed E-state index contributed by atoms with van der Waals surface area (Å²) in [4.78, 5) is 37.0. The van der Waals surface area contributed by atoms with Crippen LogP contribution in [-0.2, 0) is 4.74 Å². The molecular formula is C18H18F2N4O4S. The smallest absolute Gasteiger partial charge is 0.341 e. The van der Waals surface area contributed by atoms with Crippen molar-refractivity contribution in [1.82, 2.24) is 4.90 Å². The van der Waals surface area contributed by atoms with Gasteiger partial charge in [0.2, 0.25) is 0 Å². The van der Waals surface area contributed by atoms with E-state index in [0.29, 0.717) is 24.3 Å². The van der Waals surface area contributed by atoms with Gasteiger partial charge in [0.15, 0.2) is 0 Å². The molecule has 8 nitrogen and oxygen atoms in total. The Morgan fingerprint density at radius 1 is 1.14 bits per heavy atom. The number of esters is 1. The van der Waals surface area contributed by atoms with Gasteiger partial charge in [-0.3, -0.25) is 5.32 Å². The molecule has 29 heavy (non-hydrogen) atoms. The van der Waals surface area contributed by atoms with E-state index in [0.717, 1.165) is 29.5 Å². The first-order valence-corrected chi connectivity index (χ1v) is 9.46. The molecule has 0 aliphatic carbocycles. The van der Waals surface area contributed by atoms with Gasteiger partial charge >= 0.3 is 18.0 Å². The van der Waals surface area contributed by atoms with Crippen LogP contribution in [0, 0.1) is 11.6 Å². The average molecular weight is 424 g/mol. The maximum Gasteiger partial charge on any atom is 0.341 e. The lowest BCUT2D eigenvalue weighted by Crippen LogP contribution is -2.46. The predicted octanol–water partition coefficient (Wildman–Crippen LogP) is 2.88. The lowest BCUT2D eigenvalue weighted by atomic mass is 10.1. The summed E-state index contributed by atoms with van der Waals surface area (Å²) in [5, 5.41) is 2.41. The second kappa shape index (κ2) is 8.43. The van der Waals surface area contributed by atoms with Gasteiger partial charge in [-0.15, -0.1) is 11.3 Å². The van der Waals surface area contributed by atoms with Gasteiger partial charge in [-0.25, -0.2) is 23.2 Å². The molecule has 4 amide bonds. The lowest BCUT2D eigenvalue weighted by molar-refractivity contribution is 0.0129. The molecule has 2 heterocycles. The number of primary amides is 2. The van der Waals surface area contributed by atoms with E-state index in [2.05, 4.69) is 5.32 Å². The molecule has 1 aliphatic heterocycles. The van der Waals surface area contributed by atoms with Crippen LogP contribution in [0.3, 0.4) is 0 Å². The molecule has 1 fully saturated rings. The third-order valence-electron chi connectivity index (χ3n) is 4.30. The van der Waals surface area contributed by atoms with Gasteiger partial charge in [-0.2, -0.15) is 0 Å². The van der Waals surface area contributed by atoms with Crippen molar-refractivity contribution < 1.29 is 27.9 Å². The number of likely N-dealkylation sites (tertiary alicyclic amines) is 1. The Morgan fingerprint density at radius 3 is 2.45 bits per heavy atom. The van der Waals surface area contributed by atoms with Crippen molar-refractivity contribution in [1.29, 1.82) is 0 Å². The SMILES string of the molecule is NC(=O)Nc1sc(-c2cc(F)cc(F)c2)cc1C(=O)OC1CCCN(C(N)=O)C1. The molecule has 1 saturated heterocycles. The van der Waals surface area contributed by atoms with Crippen molar-refractivity contribution in [3.63, 3.8) is 0 Å². The number of ether oxygens (including phenoxy) is 1. The number of anilines is 1. The molecule has 1 atom stereocenters. The van der Waals surface area contributed by atoms with Gasteiger partial charge in [0.1, 0.15) is 22.7 Å². The van der Waals surface area contributed by atoms with Gasteiger partial charge in [0.25, 0.3) is 0 Å². The summed E-state index contributed by atoms with van der Waals surface area (Å²) in [6.07, 6.45) is 0.588. The number of benzene rings is 1. The number of rotatable bonds is 4. The quantitative estimate of drug-likeness (QED) is 0.652. The van der Waals surface area contributed by atoms with Gasteiger partial charge in [0, 0.05) is 17.5 Å². The molecule has 154 valence electrons. The van der Waals surface area contributed by atoms with Crippen LogP contribution in [-0.4, -0.2) is 42.1 Å². The summed E-state index contributed by atoms with van der Waals surface area (Å²) >= 11 is 0.923. The number of hydrogen-bond donors (Lipinski definition) is 3. The second-order valence-electron chi connectivity index (χ2n) is 6.45. The Morgan fingerprint density at radius 2 is 1.83 bits per heavy atom. The summed E-state index contributed by atoms with van der Waals surface area (Å²) in [5.74, 6) is -2.32. The van der Waals surface area contributed by atoms with Crippen LogP contribution >= 0.6 is 11.3 Å². The minimum atomic E-state index is -0.907. The summed E-state index contributed by atoms with van der Waals surface area (Å²) in [7, 11) is 0. The van der Waals surface area contributed by atoms with E-state index < -0.39 is 35.8 Å². The first kappa shape index (κ1) is 20.5. The zero-order chi connectivity index (χ0) is 21.1. The number of carbonyl (C=O) groups excluding carboxylic acids is 3. The third-order valence-corrected chi connectivity index (χ3v) is 5.40. The van der Waals surface area contributed by atoms with E-state index in [1.807, 2.05) is 0 Å². The van der Waals surface area contributed by atoms with E-state index in [-0.39, 0.29) is 22.7 Å².